The van der Waals surface area contributed by atoms with E-state index in [1.807, 2.05) is 0 Å². The second kappa shape index (κ2) is 9.02. The molecule has 1 fully saturated rings. The number of likely N-dealkylation sites (tertiary alicyclic amines) is 1. The molecule has 1 saturated heterocycles. The average molecular weight is 438 g/mol. The van der Waals surface area contributed by atoms with E-state index in [0.29, 0.717) is 35.9 Å². The lowest BCUT2D eigenvalue weighted by Crippen LogP contribution is -2.41. The lowest BCUT2D eigenvalue weighted by molar-refractivity contribution is 0.0836. The molecule has 4 nitrogen and oxygen atoms in total. The summed E-state index contributed by atoms with van der Waals surface area (Å²) < 4.78 is 57.3. The molecule has 7 heteroatoms. The first-order valence-electron chi connectivity index (χ1n) is 10.2. The second-order valence-electron chi connectivity index (χ2n) is 8.69. The number of rotatable bonds is 7. The molecule has 0 aromatic heterocycles. The molecule has 164 valence electrons. The molecule has 0 amide bonds. The highest BCUT2D eigenvalue weighted by atomic mass is 32.2. The largest absolute Gasteiger partial charge is 0.493 e. The molecule has 1 aliphatic rings. The van der Waals surface area contributed by atoms with Crippen LogP contribution >= 0.6 is 0 Å². The van der Waals surface area contributed by atoms with Gasteiger partial charge in [0.25, 0.3) is 0 Å². The van der Waals surface area contributed by atoms with Crippen molar-refractivity contribution < 1.29 is 21.9 Å². The molecule has 0 unspecified atom stereocenters. The van der Waals surface area contributed by atoms with Gasteiger partial charge in [0, 0.05) is 24.4 Å². The van der Waals surface area contributed by atoms with Gasteiger partial charge < -0.3 is 9.64 Å². The maximum absolute atomic E-state index is 14.6. The minimum Gasteiger partial charge on any atom is -0.493 e. The van der Waals surface area contributed by atoms with Crippen molar-refractivity contribution in [1.29, 1.82) is 0 Å². The van der Waals surface area contributed by atoms with Crippen molar-refractivity contribution >= 4 is 9.84 Å². The van der Waals surface area contributed by atoms with Crippen LogP contribution in [-0.4, -0.2) is 51.5 Å². The predicted octanol–water partition coefficient (Wildman–Crippen LogP) is 4.74. The minimum atomic E-state index is -3.28. The van der Waals surface area contributed by atoms with Crippen LogP contribution in [0.25, 0.3) is 11.1 Å². The van der Waals surface area contributed by atoms with Gasteiger partial charge in [0.1, 0.15) is 17.2 Å². The third-order valence-corrected chi connectivity index (χ3v) is 6.45. The van der Waals surface area contributed by atoms with Crippen molar-refractivity contribution in [3.05, 3.63) is 48.3 Å². The quantitative estimate of drug-likeness (QED) is 0.628. The molecule has 0 atom stereocenters. The summed E-state index contributed by atoms with van der Waals surface area (Å²) in [6.07, 6.45) is 3.01. The molecule has 1 heterocycles. The number of ether oxygens (including phenoxy) is 1. The molecular weight excluding hydrogens is 408 g/mol. The van der Waals surface area contributed by atoms with Gasteiger partial charge in [-0.15, -0.1) is 0 Å². The first-order valence-corrected chi connectivity index (χ1v) is 12.0. The maximum Gasteiger partial charge on any atom is 0.175 e. The van der Waals surface area contributed by atoms with Gasteiger partial charge >= 0.3 is 0 Å². The lowest BCUT2D eigenvalue weighted by Gasteiger charge is -2.34. The van der Waals surface area contributed by atoms with Crippen molar-refractivity contribution in [3.8, 4) is 16.9 Å². The molecule has 0 radical (unpaired) electrons. The number of hydrogen-bond acceptors (Lipinski definition) is 4. The van der Waals surface area contributed by atoms with Crippen LogP contribution in [0.2, 0.25) is 0 Å². The van der Waals surface area contributed by atoms with Crippen molar-refractivity contribution in [2.75, 3.05) is 32.5 Å². The van der Waals surface area contributed by atoms with Crippen LogP contribution < -0.4 is 4.74 Å². The van der Waals surface area contributed by atoms with Gasteiger partial charge in [-0.25, -0.2) is 17.2 Å². The Morgan fingerprint density at radius 1 is 1.10 bits per heavy atom. The van der Waals surface area contributed by atoms with Crippen molar-refractivity contribution in [2.24, 2.45) is 5.92 Å². The molecule has 0 bridgehead atoms. The number of nitrogens with zero attached hydrogens (tertiary/aromatic N) is 1. The Balaban J connectivity index is 1.56. The summed E-state index contributed by atoms with van der Waals surface area (Å²) in [4.78, 5) is 2.34. The van der Waals surface area contributed by atoms with E-state index < -0.39 is 21.3 Å². The van der Waals surface area contributed by atoms with Crippen LogP contribution in [0.4, 0.5) is 8.78 Å². The summed E-state index contributed by atoms with van der Waals surface area (Å²) in [5.41, 5.74) is -0.188. The molecule has 0 N–H and O–H groups in total. The molecule has 2 aromatic carbocycles. The first kappa shape index (κ1) is 22.7. The van der Waals surface area contributed by atoms with E-state index in [0.717, 1.165) is 32.2 Å². The Hall–Kier alpha value is -1.99. The Morgan fingerprint density at radius 2 is 1.73 bits per heavy atom. The summed E-state index contributed by atoms with van der Waals surface area (Å²) in [7, 11) is -3.28. The predicted molar refractivity (Wildman–Crippen MR) is 115 cm³/mol. The molecular formula is C23H29F2NO3S. The third-order valence-electron chi connectivity index (χ3n) is 5.33. The Kier molecular flexibility index (Phi) is 6.82. The molecule has 30 heavy (non-hydrogen) atoms. The van der Waals surface area contributed by atoms with E-state index in [4.69, 9.17) is 4.74 Å². The highest BCUT2D eigenvalue weighted by molar-refractivity contribution is 7.90. The standard InChI is InChI=1S/C23H29F2NO3S/c1-23(2,25)16-26-12-10-17(11-13-26)15-29-19-6-9-21(22(24)14-19)18-4-7-20(8-5-18)30(3,27)28/h4-9,14,17H,10-13,15-16H2,1-3H3. The van der Waals surface area contributed by atoms with Crippen LogP contribution in [0.3, 0.4) is 0 Å². The van der Waals surface area contributed by atoms with E-state index in [9.17, 15) is 17.2 Å². The van der Waals surface area contributed by atoms with Crippen molar-refractivity contribution in [1.82, 2.24) is 4.90 Å². The summed E-state index contributed by atoms with van der Waals surface area (Å²) in [5.74, 6) is 0.422. The number of piperidine rings is 1. The van der Waals surface area contributed by atoms with Crippen LogP contribution in [-0.2, 0) is 9.84 Å². The van der Waals surface area contributed by atoms with Gasteiger partial charge in [-0.1, -0.05) is 12.1 Å². The number of alkyl halides is 1. The fraction of sp³-hybridized carbons (Fsp3) is 0.478. The van der Waals surface area contributed by atoms with E-state index in [1.54, 1.807) is 38.1 Å². The fourth-order valence-corrected chi connectivity index (χ4v) is 4.39. The topological polar surface area (TPSA) is 46.6 Å². The Morgan fingerprint density at radius 3 is 2.27 bits per heavy atom. The first-order chi connectivity index (χ1) is 14.0. The smallest absolute Gasteiger partial charge is 0.175 e. The Bertz CT molecular complexity index is 961. The number of benzene rings is 2. The summed E-state index contributed by atoms with van der Waals surface area (Å²) in [6, 6.07) is 10.9. The van der Waals surface area contributed by atoms with Crippen LogP contribution in [0.5, 0.6) is 5.75 Å². The van der Waals surface area contributed by atoms with Crippen LogP contribution in [0.1, 0.15) is 26.7 Å². The highest BCUT2D eigenvalue weighted by Gasteiger charge is 2.25. The van der Waals surface area contributed by atoms with Gasteiger partial charge in [0.2, 0.25) is 0 Å². The van der Waals surface area contributed by atoms with Gasteiger partial charge in [0.05, 0.1) is 11.5 Å². The summed E-state index contributed by atoms with van der Waals surface area (Å²) in [5, 5.41) is 0. The number of hydrogen-bond donors (Lipinski definition) is 0. The molecule has 0 saturated carbocycles. The van der Waals surface area contributed by atoms with Crippen LogP contribution in [0.15, 0.2) is 47.4 Å². The van der Waals surface area contributed by atoms with Crippen molar-refractivity contribution in [3.63, 3.8) is 0 Å². The van der Waals surface area contributed by atoms with E-state index in [1.165, 1.54) is 18.2 Å². The van der Waals surface area contributed by atoms with E-state index in [-0.39, 0.29) is 4.90 Å². The molecule has 1 aliphatic heterocycles. The normalized spacial score (nSPS) is 16.6. The molecule has 0 aliphatic carbocycles. The zero-order valence-corrected chi connectivity index (χ0v) is 18.5. The second-order valence-corrected chi connectivity index (χ2v) is 10.7. The SMILES string of the molecule is CC(C)(F)CN1CCC(COc2ccc(-c3ccc(S(C)(=O)=O)cc3)c(F)c2)CC1. The third kappa shape index (κ3) is 6.25. The van der Waals surface area contributed by atoms with Crippen LogP contribution in [0, 0.1) is 11.7 Å². The van der Waals surface area contributed by atoms with Gasteiger partial charge in [-0.3, -0.25) is 0 Å². The zero-order chi connectivity index (χ0) is 21.9. The van der Waals surface area contributed by atoms with E-state index >= 15 is 0 Å². The summed E-state index contributed by atoms with van der Waals surface area (Å²) >= 11 is 0. The minimum absolute atomic E-state index is 0.202. The highest BCUT2D eigenvalue weighted by Crippen LogP contribution is 2.28. The van der Waals surface area contributed by atoms with Gasteiger partial charge in [-0.2, -0.15) is 0 Å². The monoisotopic (exact) mass is 437 g/mol. The number of halogens is 2. The summed E-state index contributed by atoms with van der Waals surface area (Å²) in [6.45, 7) is 5.84. The Labute approximate surface area is 177 Å². The van der Waals surface area contributed by atoms with Gasteiger partial charge in [0.15, 0.2) is 9.84 Å². The average Bonchev–Trinajstić information content (AvgIpc) is 2.66. The fourth-order valence-electron chi connectivity index (χ4n) is 3.76. The van der Waals surface area contributed by atoms with E-state index in [2.05, 4.69) is 4.90 Å². The maximum atomic E-state index is 14.6. The lowest BCUT2D eigenvalue weighted by atomic mass is 9.97. The molecule has 0 spiro atoms. The zero-order valence-electron chi connectivity index (χ0n) is 17.7. The van der Waals surface area contributed by atoms with Gasteiger partial charge in [-0.05, 0) is 75.5 Å². The molecule has 3 rings (SSSR count). The van der Waals surface area contributed by atoms with Crippen molar-refractivity contribution in [2.45, 2.75) is 37.3 Å². The number of sulfone groups is 1. The molecule has 2 aromatic rings.